The van der Waals surface area contributed by atoms with Crippen LogP contribution in [0.2, 0.25) is 0 Å². The van der Waals surface area contributed by atoms with Crippen LogP contribution >= 0.6 is 0 Å². The van der Waals surface area contributed by atoms with Crippen LogP contribution in [0, 0.1) is 22.7 Å². The molecule has 2 aliphatic carbocycles. The van der Waals surface area contributed by atoms with Gasteiger partial charge in [-0.3, -0.25) is 4.79 Å². The topological polar surface area (TPSA) is 40.9 Å². The predicted octanol–water partition coefficient (Wildman–Crippen LogP) is 2.22. The van der Waals surface area contributed by atoms with Crippen molar-refractivity contribution in [3.8, 4) is 6.07 Å². The number of allylic oxidation sites excluding steroid dienone is 2. The number of carbonyl (C=O) groups is 1. The van der Waals surface area contributed by atoms with Crippen LogP contribution in [-0.2, 0) is 4.79 Å². The van der Waals surface area contributed by atoms with Crippen molar-refractivity contribution >= 4 is 5.78 Å². The average molecular weight is 175 g/mol. The van der Waals surface area contributed by atoms with E-state index in [1.807, 2.05) is 6.07 Å². The molecule has 2 bridgehead atoms. The smallest absolute Gasteiger partial charge is 0.162 e. The maximum Gasteiger partial charge on any atom is 0.162 e. The van der Waals surface area contributed by atoms with Crippen molar-refractivity contribution in [1.82, 2.24) is 0 Å². The van der Waals surface area contributed by atoms with E-state index in [9.17, 15) is 4.79 Å². The number of hydrogen-bond acceptors (Lipinski definition) is 2. The summed E-state index contributed by atoms with van der Waals surface area (Å²) in [5.74, 6) is 0.980. The number of ketones is 1. The summed E-state index contributed by atoms with van der Waals surface area (Å²) in [5, 5.41) is 8.34. The van der Waals surface area contributed by atoms with Crippen molar-refractivity contribution in [3.63, 3.8) is 0 Å². The Balaban J connectivity index is 2.12. The molecule has 0 aliphatic heterocycles. The fraction of sp³-hybridized carbons (Fsp3) is 0.636. The average Bonchev–Trinajstić information content (AvgIpc) is 2.74. The Hall–Kier alpha value is -1.10. The van der Waals surface area contributed by atoms with E-state index in [4.69, 9.17) is 5.26 Å². The minimum atomic E-state index is -0.0575. The number of nitriles is 1. The van der Waals surface area contributed by atoms with Gasteiger partial charge in [-0.15, -0.1) is 0 Å². The third kappa shape index (κ3) is 1.29. The SMILES string of the molecule is N#CC=CC(=O)C12CCC(CC1)C2. The summed E-state index contributed by atoms with van der Waals surface area (Å²) in [6.45, 7) is 0. The summed E-state index contributed by atoms with van der Waals surface area (Å²) in [4.78, 5) is 11.7. The fourth-order valence-electron chi connectivity index (χ4n) is 2.83. The number of carbonyl (C=O) groups excluding carboxylic acids is 1. The Morgan fingerprint density at radius 3 is 2.62 bits per heavy atom. The van der Waals surface area contributed by atoms with E-state index in [1.54, 1.807) is 0 Å². The molecule has 2 saturated carbocycles. The Morgan fingerprint density at radius 2 is 2.15 bits per heavy atom. The van der Waals surface area contributed by atoms with E-state index in [2.05, 4.69) is 0 Å². The minimum absolute atomic E-state index is 0.0575. The van der Waals surface area contributed by atoms with Gasteiger partial charge in [0.1, 0.15) is 0 Å². The molecule has 0 atom stereocenters. The highest BCUT2D eigenvalue weighted by Gasteiger charge is 2.48. The van der Waals surface area contributed by atoms with E-state index in [0.29, 0.717) is 0 Å². The molecule has 0 saturated heterocycles. The molecule has 68 valence electrons. The molecule has 0 aromatic carbocycles. The molecular weight excluding hydrogens is 162 g/mol. The van der Waals surface area contributed by atoms with Gasteiger partial charge in [-0.2, -0.15) is 5.26 Å². The maximum absolute atomic E-state index is 11.7. The van der Waals surface area contributed by atoms with Gasteiger partial charge in [0.15, 0.2) is 5.78 Å². The zero-order chi connectivity index (χ0) is 9.31. The third-order valence-electron chi connectivity index (χ3n) is 3.57. The Bertz CT molecular complexity index is 290. The molecule has 2 fully saturated rings. The van der Waals surface area contributed by atoms with Gasteiger partial charge in [0, 0.05) is 11.5 Å². The lowest BCUT2D eigenvalue weighted by Crippen LogP contribution is -2.24. The molecule has 0 aromatic rings. The van der Waals surface area contributed by atoms with E-state index < -0.39 is 0 Å². The van der Waals surface area contributed by atoms with Crippen LogP contribution in [0.4, 0.5) is 0 Å². The standard InChI is InChI=1S/C11H13NO/c12-7-1-2-10(13)11-5-3-9(8-11)4-6-11/h1-2,9H,3-6,8H2. The molecule has 13 heavy (non-hydrogen) atoms. The van der Waals surface area contributed by atoms with Crippen molar-refractivity contribution in [3.05, 3.63) is 12.2 Å². The van der Waals surface area contributed by atoms with Crippen molar-refractivity contribution in [2.24, 2.45) is 11.3 Å². The van der Waals surface area contributed by atoms with Crippen LogP contribution in [0.25, 0.3) is 0 Å². The Labute approximate surface area is 78.2 Å². The summed E-state index contributed by atoms with van der Waals surface area (Å²) >= 11 is 0. The highest BCUT2D eigenvalue weighted by molar-refractivity contribution is 5.95. The molecule has 0 spiro atoms. The van der Waals surface area contributed by atoms with Gasteiger partial charge in [-0.1, -0.05) is 0 Å². The number of fused-ring (bicyclic) bond motifs is 2. The van der Waals surface area contributed by atoms with Crippen LogP contribution in [0.3, 0.4) is 0 Å². The zero-order valence-electron chi connectivity index (χ0n) is 7.62. The fourth-order valence-corrected chi connectivity index (χ4v) is 2.83. The molecule has 2 nitrogen and oxygen atoms in total. The van der Waals surface area contributed by atoms with Gasteiger partial charge in [0.05, 0.1) is 6.07 Å². The first kappa shape index (κ1) is 8.50. The van der Waals surface area contributed by atoms with Crippen LogP contribution < -0.4 is 0 Å². The summed E-state index contributed by atoms with van der Waals surface area (Å²) in [6.07, 6.45) is 8.37. The van der Waals surface area contributed by atoms with Crippen molar-refractivity contribution in [2.45, 2.75) is 32.1 Å². The lowest BCUT2D eigenvalue weighted by atomic mass is 9.80. The highest BCUT2D eigenvalue weighted by atomic mass is 16.1. The lowest BCUT2D eigenvalue weighted by molar-refractivity contribution is -0.123. The summed E-state index contributed by atoms with van der Waals surface area (Å²) in [7, 11) is 0. The molecular formula is C11H13NO. The van der Waals surface area contributed by atoms with Crippen molar-refractivity contribution in [1.29, 1.82) is 5.26 Å². The van der Waals surface area contributed by atoms with E-state index in [0.717, 1.165) is 25.2 Å². The molecule has 0 unspecified atom stereocenters. The minimum Gasteiger partial charge on any atom is -0.294 e. The second kappa shape index (κ2) is 2.99. The van der Waals surface area contributed by atoms with Crippen LogP contribution in [0.15, 0.2) is 12.2 Å². The maximum atomic E-state index is 11.7. The monoisotopic (exact) mass is 175 g/mol. The van der Waals surface area contributed by atoms with Gasteiger partial charge in [-0.25, -0.2) is 0 Å². The van der Waals surface area contributed by atoms with Crippen molar-refractivity contribution in [2.75, 3.05) is 0 Å². The van der Waals surface area contributed by atoms with Crippen LogP contribution in [0.1, 0.15) is 32.1 Å². The normalized spacial score (nSPS) is 36.7. The van der Waals surface area contributed by atoms with Crippen LogP contribution in [0.5, 0.6) is 0 Å². The molecule has 0 aromatic heterocycles. The molecule has 0 amide bonds. The van der Waals surface area contributed by atoms with Crippen molar-refractivity contribution < 1.29 is 4.79 Å². The third-order valence-corrected chi connectivity index (χ3v) is 3.57. The molecule has 0 heterocycles. The first-order valence-electron chi connectivity index (χ1n) is 4.87. The molecule has 2 rings (SSSR count). The summed E-state index contributed by atoms with van der Waals surface area (Å²) in [5.41, 5.74) is -0.0575. The summed E-state index contributed by atoms with van der Waals surface area (Å²) in [6, 6.07) is 1.88. The molecule has 0 radical (unpaired) electrons. The quantitative estimate of drug-likeness (QED) is 0.477. The number of nitrogens with zero attached hydrogens (tertiary/aromatic N) is 1. The second-order valence-corrected chi connectivity index (χ2v) is 4.25. The summed E-state index contributed by atoms with van der Waals surface area (Å²) < 4.78 is 0. The predicted molar refractivity (Wildman–Crippen MR) is 48.8 cm³/mol. The Morgan fingerprint density at radius 1 is 1.46 bits per heavy atom. The zero-order valence-corrected chi connectivity index (χ0v) is 7.62. The van der Waals surface area contributed by atoms with E-state index in [-0.39, 0.29) is 11.2 Å². The van der Waals surface area contributed by atoms with Gasteiger partial charge in [-0.05, 0) is 44.1 Å². The highest BCUT2D eigenvalue weighted by Crippen LogP contribution is 2.54. The lowest BCUT2D eigenvalue weighted by Gasteiger charge is -2.22. The number of hydrogen-bond donors (Lipinski definition) is 0. The molecule has 2 heteroatoms. The van der Waals surface area contributed by atoms with Gasteiger partial charge < -0.3 is 0 Å². The van der Waals surface area contributed by atoms with Crippen LogP contribution in [-0.4, -0.2) is 5.78 Å². The van der Waals surface area contributed by atoms with Gasteiger partial charge in [0.2, 0.25) is 0 Å². The largest absolute Gasteiger partial charge is 0.294 e. The Kier molecular flexibility index (Phi) is 1.95. The first-order valence-corrected chi connectivity index (χ1v) is 4.87. The second-order valence-electron chi connectivity index (χ2n) is 4.25. The first-order chi connectivity index (χ1) is 6.27. The van der Waals surface area contributed by atoms with Gasteiger partial charge >= 0.3 is 0 Å². The van der Waals surface area contributed by atoms with E-state index in [1.165, 1.54) is 25.0 Å². The molecule has 2 aliphatic rings. The molecule has 0 N–H and O–H groups in total. The number of rotatable bonds is 2. The van der Waals surface area contributed by atoms with Gasteiger partial charge in [0.25, 0.3) is 0 Å². The van der Waals surface area contributed by atoms with E-state index >= 15 is 0 Å².